The number of hydrogen-bond donors (Lipinski definition) is 1. The fraction of sp³-hybridized carbons (Fsp3) is 0.250. The van der Waals surface area contributed by atoms with Gasteiger partial charge < -0.3 is 14.4 Å². The third-order valence-corrected chi connectivity index (χ3v) is 4.68. The van der Waals surface area contributed by atoms with E-state index in [1.165, 1.54) is 31.4 Å². The lowest BCUT2D eigenvalue weighted by Crippen LogP contribution is -2.07. The second-order valence-electron chi connectivity index (χ2n) is 6.42. The smallest absolute Gasteiger partial charge is 0.416 e. The molecule has 0 spiro atoms. The minimum atomic E-state index is -4.43. The van der Waals surface area contributed by atoms with Gasteiger partial charge in [-0.25, -0.2) is 4.39 Å². The van der Waals surface area contributed by atoms with Gasteiger partial charge in [-0.3, -0.25) is 4.79 Å². The summed E-state index contributed by atoms with van der Waals surface area (Å²) in [7, 11) is 1.31. The molecule has 0 aliphatic heterocycles. The molecule has 8 heteroatoms. The zero-order valence-electron chi connectivity index (χ0n) is 15.1. The fourth-order valence-corrected chi connectivity index (χ4v) is 3.26. The van der Waals surface area contributed by atoms with Crippen LogP contribution >= 0.6 is 0 Å². The number of aliphatic carboxylic acids is 1. The van der Waals surface area contributed by atoms with Crippen LogP contribution in [0.25, 0.3) is 10.9 Å². The molecule has 4 nitrogen and oxygen atoms in total. The normalized spacial score (nSPS) is 11.8. The molecule has 3 rings (SSSR count). The number of carboxylic acids is 1. The van der Waals surface area contributed by atoms with Crippen molar-refractivity contribution >= 4 is 16.9 Å². The second kappa shape index (κ2) is 7.18. The zero-order valence-corrected chi connectivity index (χ0v) is 15.1. The van der Waals surface area contributed by atoms with E-state index in [0.717, 1.165) is 12.1 Å². The number of fused-ring (bicyclic) bond motifs is 1. The molecule has 3 aromatic rings. The molecular weight excluding hydrogens is 378 g/mol. The standard InChI is InChI=1S/C20H17F4NO3/c1-11-14(8-19(26)27)15-7-18(28-2)16(21)9-17(15)25(11)10-12-3-5-13(6-4-12)20(22,23)24/h3-7,9H,8,10H2,1-2H3,(H,26,27). The van der Waals surface area contributed by atoms with Gasteiger partial charge in [0.2, 0.25) is 0 Å². The predicted molar refractivity (Wildman–Crippen MR) is 95.1 cm³/mol. The molecule has 28 heavy (non-hydrogen) atoms. The van der Waals surface area contributed by atoms with E-state index in [0.29, 0.717) is 27.7 Å². The average molecular weight is 395 g/mol. The highest BCUT2D eigenvalue weighted by molar-refractivity contribution is 5.90. The molecule has 1 aromatic heterocycles. The van der Waals surface area contributed by atoms with Gasteiger partial charge >= 0.3 is 12.1 Å². The maximum atomic E-state index is 14.2. The number of carbonyl (C=O) groups is 1. The monoisotopic (exact) mass is 395 g/mol. The summed E-state index contributed by atoms with van der Waals surface area (Å²) in [5, 5.41) is 9.75. The van der Waals surface area contributed by atoms with Gasteiger partial charge in [-0.2, -0.15) is 13.2 Å². The molecule has 0 bridgehead atoms. The van der Waals surface area contributed by atoms with Crippen molar-refractivity contribution < 1.29 is 32.2 Å². The third-order valence-electron chi connectivity index (χ3n) is 4.68. The minimum Gasteiger partial charge on any atom is -0.494 e. The summed E-state index contributed by atoms with van der Waals surface area (Å²) in [6.45, 7) is 1.87. The molecule has 0 radical (unpaired) electrons. The predicted octanol–water partition coefficient (Wildman–Crippen LogP) is 4.79. The Bertz CT molecular complexity index is 1040. The number of halogens is 4. The Balaban J connectivity index is 2.11. The summed E-state index contributed by atoms with van der Waals surface area (Å²) in [6, 6.07) is 7.36. The van der Waals surface area contributed by atoms with Gasteiger partial charge in [-0.05, 0) is 36.2 Å². The SMILES string of the molecule is COc1cc2c(CC(=O)O)c(C)n(Cc3ccc(C(F)(F)F)cc3)c2cc1F. The summed E-state index contributed by atoms with van der Waals surface area (Å²) < 4.78 is 59.2. The quantitative estimate of drug-likeness (QED) is 0.632. The molecule has 0 unspecified atom stereocenters. The molecule has 0 atom stereocenters. The Morgan fingerprint density at radius 2 is 1.82 bits per heavy atom. The van der Waals surface area contributed by atoms with Gasteiger partial charge in [-0.1, -0.05) is 12.1 Å². The van der Waals surface area contributed by atoms with Crippen LogP contribution in [0.1, 0.15) is 22.4 Å². The Morgan fingerprint density at radius 1 is 1.18 bits per heavy atom. The van der Waals surface area contributed by atoms with Crippen molar-refractivity contribution in [2.45, 2.75) is 26.1 Å². The maximum absolute atomic E-state index is 14.2. The van der Waals surface area contributed by atoms with Crippen LogP contribution in [-0.2, 0) is 23.9 Å². The lowest BCUT2D eigenvalue weighted by atomic mass is 10.1. The minimum absolute atomic E-state index is 0.00850. The van der Waals surface area contributed by atoms with Crippen LogP contribution in [0.5, 0.6) is 5.75 Å². The molecule has 0 aliphatic rings. The molecule has 0 amide bonds. The van der Waals surface area contributed by atoms with E-state index in [1.54, 1.807) is 11.5 Å². The Morgan fingerprint density at radius 3 is 2.36 bits per heavy atom. The molecule has 0 fully saturated rings. The van der Waals surface area contributed by atoms with Crippen LogP contribution in [0, 0.1) is 12.7 Å². The highest BCUT2D eigenvalue weighted by Crippen LogP contribution is 2.33. The highest BCUT2D eigenvalue weighted by Gasteiger charge is 2.30. The number of rotatable bonds is 5. The van der Waals surface area contributed by atoms with Crippen molar-refractivity contribution in [2.75, 3.05) is 7.11 Å². The van der Waals surface area contributed by atoms with Crippen molar-refractivity contribution in [3.8, 4) is 5.75 Å². The van der Waals surface area contributed by atoms with Crippen LogP contribution in [0.3, 0.4) is 0 Å². The number of nitrogens with zero attached hydrogens (tertiary/aromatic N) is 1. The maximum Gasteiger partial charge on any atom is 0.416 e. The van der Waals surface area contributed by atoms with Gasteiger partial charge in [0.25, 0.3) is 0 Å². The number of hydrogen-bond acceptors (Lipinski definition) is 2. The first-order valence-electron chi connectivity index (χ1n) is 8.35. The average Bonchev–Trinajstić information content (AvgIpc) is 2.85. The van der Waals surface area contributed by atoms with Gasteiger partial charge in [-0.15, -0.1) is 0 Å². The van der Waals surface area contributed by atoms with E-state index in [9.17, 15) is 27.5 Å². The molecule has 0 aliphatic carbocycles. The fourth-order valence-electron chi connectivity index (χ4n) is 3.26. The number of carboxylic acid groups (broad SMARTS) is 1. The largest absolute Gasteiger partial charge is 0.494 e. The van der Waals surface area contributed by atoms with Crippen LogP contribution in [-0.4, -0.2) is 22.8 Å². The Labute approximate surface area is 158 Å². The summed E-state index contributed by atoms with van der Waals surface area (Å²) in [5.74, 6) is -1.66. The van der Waals surface area contributed by atoms with Crippen molar-refractivity contribution in [3.05, 3.63) is 64.6 Å². The molecule has 0 saturated carbocycles. The number of benzene rings is 2. The zero-order chi connectivity index (χ0) is 20.6. The van der Waals surface area contributed by atoms with E-state index < -0.39 is 23.5 Å². The number of alkyl halides is 3. The summed E-state index contributed by atoms with van der Waals surface area (Å²) in [4.78, 5) is 11.3. The molecule has 1 heterocycles. The number of ether oxygens (including phenoxy) is 1. The first kappa shape index (κ1) is 19.7. The molecule has 2 aromatic carbocycles. The van der Waals surface area contributed by atoms with Crippen LogP contribution < -0.4 is 4.74 Å². The van der Waals surface area contributed by atoms with E-state index in [4.69, 9.17) is 4.74 Å². The molecular formula is C20H17F4NO3. The van der Waals surface area contributed by atoms with E-state index in [2.05, 4.69) is 0 Å². The second-order valence-corrected chi connectivity index (χ2v) is 6.42. The van der Waals surface area contributed by atoms with Crippen LogP contribution in [0.15, 0.2) is 36.4 Å². The van der Waals surface area contributed by atoms with Crippen LogP contribution in [0.4, 0.5) is 17.6 Å². The van der Waals surface area contributed by atoms with Crippen LogP contribution in [0.2, 0.25) is 0 Å². The van der Waals surface area contributed by atoms with Crippen molar-refractivity contribution in [2.24, 2.45) is 0 Å². The summed E-state index contributed by atoms with van der Waals surface area (Å²) in [5.41, 5.74) is 1.38. The van der Waals surface area contributed by atoms with E-state index in [-0.39, 0.29) is 18.7 Å². The third kappa shape index (κ3) is 3.67. The Kier molecular flexibility index (Phi) is 5.06. The number of methoxy groups -OCH3 is 1. The summed E-state index contributed by atoms with van der Waals surface area (Å²) in [6.07, 6.45) is -4.69. The molecule has 1 N–H and O–H groups in total. The topological polar surface area (TPSA) is 51.5 Å². The first-order valence-corrected chi connectivity index (χ1v) is 8.35. The van der Waals surface area contributed by atoms with E-state index in [1.807, 2.05) is 0 Å². The highest BCUT2D eigenvalue weighted by atomic mass is 19.4. The van der Waals surface area contributed by atoms with Gasteiger partial charge in [0.15, 0.2) is 11.6 Å². The van der Waals surface area contributed by atoms with Gasteiger partial charge in [0.1, 0.15) is 0 Å². The summed E-state index contributed by atoms with van der Waals surface area (Å²) >= 11 is 0. The lowest BCUT2D eigenvalue weighted by Gasteiger charge is -2.11. The Hall–Kier alpha value is -3.03. The van der Waals surface area contributed by atoms with Gasteiger partial charge in [0, 0.05) is 23.7 Å². The molecule has 0 saturated heterocycles. The van der Waals surface area contributed by atoms with Crippen molar-refractivity contribution in [3.63, 3.8) is 0 Å². The lowest BCUT2D eigenvalue weighted by molar-refractivity contribution is -0.138. The van der Waals surface area contributed by atoms with Crippen molar-refractivity contribution in [1.82, 2.24) is 4.57 Å². The number of aromatic nitrogens is 1. The molecule has 148 valence electrons. The first-order chi connectivity index (χ1) is 13.1. The van der Waals surface area contributed by atoms with Crippen molar-refractivity contribution in [1.29, 1.82) is 0 Å². The van der Waals surface area contributed by atoms with E-state index >= 15 is 0 Å². The van der Waals surface area contributed by atoms with Gasteiger partial charge in [0.05, 0.1) is 24.6 Å².